The molecule has 0 saturated heterocycles. The number of carbonyl (C=O) groups is 1. The van der Waals surface area contributed by atoms with Crippen LogP contribution in [0, 0.1) is 0 Å². The number of hydrogen-bond acceptors (Lipinski definition) is 2. The van der Waals surface area contributed by atoms with Crippen LogP contribution in [0.1, 0.15) is 220 Å². The predicted octanol–water partition coefficient (Wildman–Crippen LogP) is 13.1. The monoisotopic (exact) mass is 537 g/mol. The quantitative estimate of drug-likeness (QED) is 0.0631. The maximum atomic E-state index is 12.6. The second-order valence-corrected chi connectivity index (χ2v) is 12.3. The minimum absolute atomic E-state index is 0.0694. The van der Waals surface area contributed by atoms with Crippen LogP contribution in [0.3, 0.4) is 0 Å². The molecular formula is C36H72O2. The van der Waals surface area contributed by atoms with Crippen LogP contribution in [0.15, 0.2) is 0 Å². The van der Waals surface area contributed by atoms with E-state index in [-0.39, 0.29) is 12.1 Å². The minimum Gasteiger partial charge on any atom is -0.462 e. The fraction of sp³-hybridized carbons (Fsp3) is 0.972. The van der Waals surface area contributed by atoms with Crippen molar-refractivity contribution >= 4 is 5.97 Å². The van der Waals surface area contributed by atoms with E-state index in [9.17, 15) is 4.79 Å². The highest BCUT2D eigenvalue weighted by Crippen LogP contribution is 2.19. The second kappa shape index (κ2) is 32.7. The van der Waals surface area contributed by atoms with Crippen LogP contribution in [-0.4, -0.2) is 12.1 Å². The average molecular weight is 537 g/mol. The van der Waals surface area contributed by atoms with Gasteiger partial charge in [0, 0.05) is 6.42 Å². The summed E-state index contributed by atoms with van der Waals surface area (Å²) in [6, 6.07) is 0. The summed E-state index contributed by atoms with van der Waals surface area (Å²) in [5.41, 5.74) is 0. The van der Waals surface area contributed by atoms with E-state index in [0.717, 1.165) is 19.3 Å². The van der Waals surface area contributed by atoms with Crippen LogP contribution < -0.4 is 0 Å². The number of carbonyl (C=O) groups excluding carboxylic acids is 1. The molecule has 38 heavy (non-hydrogen) atoms. The first-order valence-corrected chi connectivity index (χ1v) is 17.9. The van der Waals surface area contributed by atoms with E-state index in [4.69, 9.17) is 4.74 Å². The number of unbranched alkanes of at least 4 members (excludes halogenated alkanes) is 25. The molecule has 0 amide bonds. The number of ether oxygens (including phenoxy) is 1. The normalized spacial score (nSPS) is 12.2. The minimum atomic E-state index is 0.0694. The molecule has 0 spiro atoms. The molecule has 0 aliphatic heterocycles. The first-order valence-electron chi connectivity index (χ1n) is 17.9. The SMILES string of the molecule is CCCCCCCCCCCCCCCC(=O)OC(CCCCCCCC)CCCCCCCCCCC. The molecule has 0 fully saturated rings. The molecule has 0 aromatic rings. The number of esters is 1. The lowest BCUT2D eigenvalue weighted by Gasteiger charge is -2.18. The summed E-state index contributed by atoms with van der Waals surface area (Å²) in [6.45, 7) is 6.85. The van der Waals surface area contributed by atoms with Crippen molar-refractivity contribution in [3.63, 3.8) is 0 Å². The van der Waals surface area contributed by atoms with Gasteiger partial charge in [-0.25, -0.2) is 0 Å². The Kier molecular flexibility index (Phi) is 32.2. The van der Waals surface area contributed by atoms with Gasteiger partial charge in [0.25, 0.3) is 0 Å². The average Bonchev–Trinajstić information content (AvgIpc) is 2.92. The topological polar surface area (TPSA) is 26.3 Å². The smallest absolute Gasteiger partial charge is 0.306 e. The highest BCUT2D eigenvalue weighted by molar-refractivity contribution is 5.69. The van der Waals surface area contributed by atoms with Gasteiger partial charge in [-0.1, -0.05) is 181 Å². The molecule has 0 heterocycles. The molecule has 2 heteroatoms. The first kappa shape index (κ1) is 37.5. The Labute approximate surface area is 241 Å². The van der Waals surface area contributed by atoms with Gasteiger partial charge in [-0.05, 0) is 32.1 Å². The molecule has 0 aliphatic rings. The van der Waals surface area contributed by atoms with Crippen LogP contribution in [0.25, 0.3) is 0 Å². The van der Waals surface area contributed by atoms with E-state index in [1.165, 1.54) is 173 Å². The van der Waals surface area contributed by atoms with Gasteiger partial charge >= 0.3 is 5.97 Å². The third-order valence-electron chi connectivity index (χ3n) is 8.29. The van der Waals surface area contributed by atoms with Crippen molar-refractivity contribution < 1.29 is 9.53 Å². The molecule has 0 aromatic carbocycles. The Bertz CT molecular complexity index is 447. The van der Waals surface area contributed by atoms with Crippen molar-refractivity contribution in [1.29, 1.82) is 0 Å². The van der Waals surface area contributed by atoms with Crippen LogP contribution in [0.4, 0.5) is 0 Å². The van der Waals surface area contributed by atoms with Crippen molar-refractivity contribution in [2.75, 3.05) is 0 Å². The Morgan fingerprint density at radius 3 is 0.974 bits per heavy atom. The van der Waals surface area contributed by atoms with Crippen LogP contribution in [-0.2, 0) is 9.53 Å². The Balaban J connectivity index is 3.89. The van der Waals surface area contributed by atoms with Crippen LogP contribution in [0.5, 0.6) is 0 Å². The van der Waals surface area contributed by atoms with E-state index in [2.05, 4.69) is 20.8 Å². The number of hydrogen-bond donors (Lipinski definition) is 0. The van der Waals surface area contributed by atoms with Gasteiger partial charge in [0.05, 0.1) is 0 Å². The molecule has 0 aliphatic carbocycles. The molecule has 0 radical (unpaired) electrons. The van der Waals surface area contributed by atoms with E-state index in [1.54, 1.807) is 0 Å². The third kappa shape index (κ3) is 30.0. The fourth-order valence-corrected chi connectivity index (χ4v) is 5.63. The first-order chi connectivity index (χ1) is 18.7. The predicted molar refractivity (Wildman–Crippen MR) is 170 cm³/mol. The lowest BCUT2D eigenvalue weighted by Crippen LogP contribution is -2.18. The van der Waals surface area contributed by atoms with Crippen molar-refractivity contribution in [2.24, 2.45) is 0 Å². The van der Waals surface area contributed by atoms with Crippen molar-refractivity contribution in [1.82, 2.24) is 0 Å². The zero-order valence-corrected chi connectivity index (χ0v) is 26.8. The van der Waals surface area contributed by atoms with Gasteiger partial charge in [0.2, 0.25) is 0 Å². The largest absolute Gasteiger partial charge is 0.462 e. The van der Waals surface area contributed by atoms with Crippen LogP contribution >= 0.6 is 0 Å². The highest BCUT2D eigenvalue weighted by Gasteiger charge is 2.14. The van der Waals surface area contributed by atoms with Crippen molar-refractivity contribution in [3.8, 4) is 0 Å². The lowest BCUT2D eigenvalue weighted by molar-refractivity contribution is -0.150. The number of rotatable bonds is 32. The summed E-state index contributed by atoms with van der Waals surface area (Å²) < 4.78 is 6.02. The Morgan fingerprint density at radius 2 is 0.658 bits per heavy atom. The summed E-state index contributed by atoms with van der Waals surface area (Å²) in [4.78, 5) is 12.6. The highest BCUT2D eigenvalue weighted by atomic mass is 16.5. The van der Waals surface area contributed by atoms with E-state index < -0.39 is 0 Å². The van der Waals surface area contributed by atoms with Crippen molar-refractivity contribution in [3.05, 3.63) is 0 Å². The Hall–Kier alpha value is -0.530. The van der Waals surface area contributed by atoms with Gasteiger partial charge in [-0.2, -0.15) is 0 Å². The summed E-state index contributed by atoms with van der Waals surface area (Å²) >= 11 is 0. The molecule has 0 aromatic heterocycles. The molecule has 0 rings (SSSR count). The summed E-state index contributed by atoms with van der Waals surface area (Å²) in [7, 11) is 0. The molecule has 1 unspecified atom stereocenters. The molecule has 228 valence electrons. The van der Waals surface area contributed by atoms with Gasteiger partial charge < -0.3 is 4.74 Å². The molecule has 2 nitrogen and oxygen atoms in total. The summed E-state index contributed by atoms with van der Waals surface area (Å²) in [5, 5.41) is 0. The zero-order chi connectivity index (χ0) is 27.8. The molecule has 0 bridgehead atoms. The van der Waals surface area contributed by atoms with Gasteiger partial charge in [0.1, 0.15) is 6.10 Å². The maximum Gasteiger partial charge on any atom is 0.306 e. The molecular weight excluding hydrogens is 464 g/mol. The van der Waals surface area contributed by atoms with Gasteiger partial charge in [-0.3, -0.25) is 4.79 Å². The Morgan fingerprint density at radius 1 is 0.395 bits per heavy atom. The van der Waals surface area contributed by atoms with E-state index in [1.807, 2.05) is 0 Å². The van der Waals surface area contributed by atoms with Crippen LogP contribution in [0.2, 0.25) is 0 Å². The molecule has 1 atom stereocenters. The van der Waals surface area contributed by atoms with Crippen molar-refractivity contribution in [2.45, 2.75) is 226 Å². The summed E-state index contributed by atoms with van der Waals surface area (Å²) in [5.74, 6) is 0.0694. The maximum absolute atomic E-state index is 12.6. The molecule has 0 N–H and O–H groups in total. The summed E-state index contributed by atoms with van der Waals surface area (Å²) in [6.07, 6.45) is 40.5. The van der Waals surface area contributed by atoms with E-state index >= 15 is 0 Å². The molecule has 0 saturated carbocycles. The lowest BCUT2D eigenvalue weighted by atomic mass is 10.0. The van der Waals surface area contributed by atoms with Gasteiger partial charge in [0.15, 0.2) is 0 Å². The third-order valence-corrected chi connectivity index (χ3v) is 8.29. The standard InChI is InChI=1S/C36H72O2/c1-4-7-10-13-16-18-19-20-21-23-25-28-31-34-36(37)38-35(32-29-26-15-12-9-6-3)33-30-27-24-22-17-14-11-8-5-2/h35H,4-34H2,1-3H3. The van der Waals surface area contributed by atoms with Gasteiger partial charge in [-0.15, -0.1) is 0 Å². The fourth-order valence-electron chi connectivity index (χ4n) is 5.63. The zero-order valence-electron chi connectivity index (χ0n) is 26.8. The van der Waals surface area contributed by atoms with E-state index in [0.29, 0.717) is 6.42 Å². The second-order valence-electron chi connectivity index (χ2n) is 12.3.